The van der Waals surface area contributed by atoms with Crippen LogP contribution in [0, 0.1) is 20.8 Å². The van der Waals surface area contributed by atoms with Gasteiger partial charge in [0.15, 0.2) is 5.78 Å². The highest BCUT2D eigenvalue weighted by atomic mass is 35.5. The summed E-state index contributed by atoms with van der Waals surface area (Å²) in [6, 6.07) is 7.53. The van der Waals surface area contributed by atoms with E-state index in [9.17, 15) is 9.59 Å². The van der Waals surface area contributed by atoms with Gasteiger partial charge in [-0.25, -0.2) is 4.79 Å². The first kappa shape index (κ1) is 17.0. The Hall–Kier alpha value is -1.84. The van der Waals surface area contributed by atoms with Crippen molar-refractivity contribution >= 4 is 34.4 Å². The van der Waals surface area contributed by atoms with Gasteiger partial charge in [0, 0.05) is 40.6 Å². The molecule has 1 atom stereocenters. The summed E-state index contributed by atoms with van der Waals surface area (Å²) < 4.78 is 5.29. The predicted octanol–water partition coefficient (Wildman–Crippen LogP) is 5.72. The molecule has 0 fully saturated rings. The summed E-state index contributed by atoms with van der Waals surface area (Å²) in [6.45, 7) is 5.63. The second kappa shape index (κ2) is 6.23. The van der Waals surface area contributed by atoms with Crippen molar-refractivity contribution in [2.75, 3.05) is 0 Å². The van der Waals surface area contributed by atoms with Crippen molar-refractivity contribution in [2.45, 2.75) is 33.1 Å². The molecule has 3 nitrogen and oxygen atoms in total. The van der Waals surface area contributed by atoms with Gasteiger partial charge in [-0.1, -0.05) is 35.9 Å². The summed E-state index contributed by atoms with van der Waals surface area (Å²) in [5.74, 6) is 0.274. The summed E-state index contributed by atoms with van der Waals surface area (Å²) in [7, 11) is 0. The van der Waals surface area contributed by atoms with Crippen LogP contribution in [0.25, 0.3) is 0 Å². The average Bonchev–Trinajstić information content (AvgIpc) is 2.88. The summed E-state index contributed by atoms with van der Waals surface area (Å²) in [5, 5.41) is 0.543. The van der Waals surface area contributed by atoms with Gasteiger partial charge >= 0.3 is 5.43 Å². The van der Waals surface area contributed by atoms with Gasteiger partial charge in [0.2, 0.25) is 0 Å². The van der Waals surface area contributed by atoms with Crippen LogP contribution in [0.5, 0.6) is 5.75 Å². The highest BCUT2D eigenvalue weighted by Gasteiger charge is 2.35. The van der Waals surface area contributed by atoms with Crippen molar-refractivity contribution in [1.82, 2.24) is 0 Å². The van der Waals surface area contributed by atoms with Gasteiger partial charge in [0.1, 0.15) is 5.75 Å². The topological polar surface area (TPSA) is 43.4 Å². The fourth-order valence-corrected chi connectivity index (χ4v) is 3.77. The zero-order chi connectivity index (χ0) is 17.6. The van der Waals surface area contributed by atoms with E-state index in [1.54, 1.807) is 6.92 Å². The van der Waals surface area contributed by atoms with Crippen LogP contribution < -0.4 is 4.74 Å². The zero-order valence-corrected chi connectivity index (χ0v) is 15.1. The minimum absolute atomic E-state index is 0.0865. The molecule has 24 heavy (non-hydrogen) atoms. The van der Waals surface area contributed by atoms with E-state index in [1.807, 2.05) is 38.1 Å². The fraction of sp³-hybridized carbons (Fsp3) is 0.263. The number of ether oxygens (including phenoxy) is 1. The molecule has 0 bridgehead atoms. The van der Waals surface area contributed by atoms with Gasteiger partial charge in [-0.2, -0.15) is 0 Å². The molecule has 0 heterocycles. The summed E-state index contributed by atoms with van der Waals surface area (Å²) >= 11 is 11.8. The van der Waals surface area contributed by atoms with E-state index in [4.69, 9.17) is 27.9 Å². The monoisotopic (exact) mass is 362 g/mol. The van der Waals surface area contributed by atoms with Crippen molar-refractivity contribution < 1.29 is 14.3 Å². The van der Waals surface area contributed by atoms with E-state index in [2.05, 4.69) is 0 Å². The standard InChI is InChI=1S/C19H16Cl2O3/c1-9-10(2)17(20)11(3)18(24-19(21)23)16(9)14-8-15(22)13-7-5-4-6-12(13)14/h4-7,14H,8H2,1-3H3. The fourth-order valence-electron chi connectivity index (χ4n) is 3.47. The molecule has 0 aliphatic heterocycles. The first-order valence-corrected chi connectivity index (χ1v) is 8.37. The summed E-state index contributed by atoms with van der Waals surface area (Å²) in [4.78, 5) is 23.8. The van der Waals surface area contributed by atoms with Crippen molar-refractivity contribution in [3.63, 3.8) is 0 Å². The molecule has 124 valence electrons. The molecule has 1 aliphatic carbocycles. The smallest absolute Gasteiger partial charge is 0.409 e. The molecule has 0 saturated heterocycles. The van der Waals surface area contributed by atoms with Crippen LogP contribution in [-0.4, -0.2) is 11.2 Å². The Kier molecular flexibility index (Phi) is 4.41. The Bertz CT molecular complexity index is 871. The molecule has 0 aromatic heterocycles. The molecule has 1 aliphatic rings. The molecule has 0 saturated carbocycles. The molecule has 0 amide bonds. The van der Waals surface area contributed by atoms with Gasteiger partial charge in [0.05, 0.1) is 5.02 Å². The van der Waals surface area contributed by atoms with Crippen LogP contribution in [0.2, 0.25) is 5.02 Å². The van der Waals surface area contributed by atoms with Crippen LogP contribution in [0.4, 0.5) is 4.79 Å². The normalized spacial score (nSPS) is 16.2. The van der Waals surface area contributed by atoms with Crippen molar-refractivity contribution in [3.8, 4) is 5.75 Å². The number of benzene rings is 2. The molecule has 0 spiro atoms. The minimum Gasteiger partial charge on any atom is -0.414 e. The highest BCUT2D eigenvalue weighted by Crippen LogP contribution is 2.47. The van der Waals surface area contributed by atoms with Crippen LogP contribution in [0.15, 0.2) is 24.3 Å². The van der Waals surface area contributed by atoms with Gasteiger partial charge in [-0.3, -0.25) is 4.79 Å². The Labute approximate surface area is 150 Å². The number of fused-ring (bicyclic) bond motifs is 1. The number of hydrogen-bond acceptors (Lipinski definition) is 3. The van der Waals surface area contributed by atoms with Crippen LogP contribution >= 0.6 is 23.2 Å². The minimum atomic E-state index is -0.920. The van der Waals surface area contributed by atoms with E-state index >= 15 is 0 Å². The second-order valence-corrected chi connectivity index (χ2v) is 6.73. The third-order valence-electron chi connectivity index (χ3n) is 4.77. The zero-order valence-electron chi connectivity index (χ0n) is 13.6. The molecule has 3 rings (SSSR count). The largest absolute Gasteiger partial charge is 0.414 e. The summed E-state index contributed by atoms with van der Waals surface area (Å²) in [6.07, 6.45) is 0.341. The maximum Gasteiger partial charge on any atom is 0.409 e. The number of hydrogen-bond donors (Lipinski definition) is 0. The number of carbonyl (C=O) groups excluding carboxylic acids is 2. The molecule has 5 heteroatoms. The number of rotatable bonds is 2. The Morgan fingerprint density at radius 3 is 2.46 bits per heavy atom. The van der Waals surface area contributed by atoms with Crippen LogP contribution in [0.1, 0.15) is 50.5 Å². The van der Waals surface area contributed by atoms with Gasteiger partial charge in [-0.15, -0.1) is 0 Å². The molecule has 2 aromatic carbocycles. The van der Waals surface area contributed by atoms with Gasteiger partial charge in [-0.05, 0) is 37.5 Å². The first-order chi connectivity index (χ1) is 11.3. The lowest BCUT2D eigenvalue weighted by Crippen LogP contribution is -2.10. The second-order valence-electron chi connectivity index (χ2n) is 6.04. The molecule has 1 unspecified atom stereocenters. The molecular weight excluding hydrogens is 347 g/mol. The number of carbonyl (C=O) groups is 2. The highest BCUT2D eigenvalue weighted by molar-refractivity contribution is 6.61. The van der Waals surface area contributed by atoms with Crippen molar-refractivity contribution in [2.24, 2.45) is 0 Å². The molecule has 2 aromatic rings. The maximum absolute atomic E-state index is 12.4. The molecule has 0 radical (unpaired) electrons. The molecular formula is C19H16Cl2O3. The lowest BCUT2D eigenvalue weighted by Gasteiger charge is -2.23. The lowest BCUT2D eigenvalue weighted by molar-refractivity contribution is 0.0991. The molecule has 0 N–H and O–H groups in total. The van der Waals surface area contributed by atoms with Gasteiger partial charge < -0.3 is 4.74 Å². The number of Topliss-reactive ketones (excluding diaryl/α,β-unsaturated/α-hetero) is 1. The Morgan fingerprint density at radius 2 is 1.79 bits per heavy atom. The van der Waals surface area contributed by atoms with E-state index in [-0.39, 0.29) is 11.7 Å². The predicted molar refractivity (Wildman–Crippen MR) is 94.8 cm³/mol. The van der Waals surface area contributed by atoms with E-state index in [1.165, 1.54) is 0 Å². The van der Waals surface area contributed by atoms with E-state index < -0.39 is 5.43 Å². The van der Waals surface area contributed by atoms with Crippen LogP contribution in [-0.2, 0) is 0 Å². The maximum atomic E-state index is 12.4. The number of ketones is 1. The van der Waals surface area contributed by atoms with E-state index in [0.29, 0.717) is 22.8 Å². The van der Waals surface area contributed by atoms with Crippen molar-refractivity contribution in [1.29, 1.82) is 0 Å². The summed E-state index contributed by atoms with van der Waals surface area (Å²) in [5.41, 5.74) is 4.02. The quantitative estimate of drug-likeness (QED) is 0.641. The van der Waals surface area contributed by atoms with E-state index in [0.717, 1.165) is 27.8 Å². The first-order valence-electron chi connectivity index (χ1n) is 7.61. The van der Waals surface area contributed by atoms with Crippen LogP contribution in [0.3, 0.4) is 0 Å². The van der Waals surface area contributed by atoms with Gasteiger partial charge in [0.25, 0.3) is 0 Å². The lowest BCUT2D eigenvalue weighted by atomic mass is 9.85. The SMILES string of the molecule is Cc1c(C)c(C2CC(=O)c3ccccc32)c(OC(=O)Cl)c(C)c1Cl. The third-order valence-corrected chi connectivity index (χ3v) is 5.41. The average molecular weight is 363 g/mol. The Morgan fingerprint density at radius 1 is 1.12 bits per heavy atom. The Balaban J connectivity index is 2.29. The van der Waals surface area contributed by atoms with Crippen molar-refractivity contribution in [3.05, 3.63) is 62.7 Å². The number of halogens is 2. The third kappa shape index (κ3) is 2.62.